The standard InChI is InChI=1S/C28H40N4O3/c1-4-5-23(33)31-10-12-32(13-11-31)24(34)21-6-8-22(9-7-21)29-25(35)30-28-16-20-14-26(2,18-28)17-27(3,15-20)19-28/h6-9,20H,4-5,10-19H2,1-3H3,(H2,29,30,35)/t20?,26-,27+,28?. The number of urea groups is 1. The zero-order chi connectivity index (χ0) is 24.8. The maximum Gasteiger partial charge on any atom is 0.319 e. The van der Waals surface area contributed by atoms with Crippen molar-refractivity contribution in [1.29, 1.82) is 0 Å². The molecule has 4 atom stereocenters. The van der Waals surface area contributed by atoms with Crippen LogP contribution in [0.15, 0.2) is 24.3 Å². The molecule has 1 saturated heterocycles. The van der Waals surface area contributed by atoms with Crippen molar-refractivity contribution >= 4 is 23.5 Å². The van der Waals surface area contributed by atoms with Crippen LogP contribution >= 0.6 is 0 Å². The minimum absolute atomic E-state index is 0.0290. The van der Waals surface area contributed by atoms with E-state index in [0.29, 0.717) is 54.7 Å². The molecule has 35 heavy (non-hydrogen) atoms. The Labute approximate surface area is 209 Å². The van der Waals surface area contributed by atoms with Crippen LogP contribution in [0, 0.1) is 16.7 Å². The van der Waals surface area contributed by atoms with Crippen molar-refractivity contribution < 1.29 is 14.4 Å². The molecule has 0 radical (unpaired) electrons. The summed E-state index contributed by atoms with van der Waals surface area (Å²) in [6, 6.07) is 7.01. The van der Waals surface area contributed by atoms with E-state index in [4.69, 9.17) is 0 Å². The van der Waals surface area contributed by atoms with Gasteiger partial charge < -0.3 is 20.4 Å². The summed E-state index contributed by atoms with van der Waals surface area (Å²) in [6.07, 6.45) is 8.53. The van der Waals surface area contributed by atoms with Crippen LogP contribution in [0.25, 0.3) is 0 Å². The molecule has 1 aromatic rings. The highest BCUT2D eigenvalue weighted by molar-refractivity contribution is 5.96. The third-order valence-corrected chi connectivity index (χ3v) is 8.78. The van der Waals surface area contributed by atoms with Crippen LogP contribution in [0.2, 0.25) is 0 Å². The van der Waals surface area contributed by atoms with E-state index in [9.17, 15) is 14.4 Å². The van der Waals surface area contributed by atoms with Gasteiger partial charge in [0.05, 0.1) is 0 Å². The lowest BCUT2D eigenvalue weighted by atomic mass is 9.43. The fourth-order valence-electron chi connectivity index (χ4n) is 8.40. The van der Waals surface area contributed by atoms with Crippen molar-refractivity contribution in [2.24, 2.45) is 16.7 Å². The minimum atomic E-state index is -0.147. The monoisotopic (exact) mass is 480 g/mol. The maximum atomic E-state index is 13.0. The number of nitrogens with one attached hydrogen (secondary N) is 2. The van der Waals surface area contributed by atoms with Gasteiger partial charge in [-0.1, -0.05) is 20.8 Å². The molecule has 190 valence electrons. The molecule has 7 heteroatoms. The third-order valence-electron chi connectivity index (χ3n) is 8.78. The molecule has 5 fully saturated rings. The molecule has 4 saturated carbocycles. The van der Waals surface area contributed by atoms with Crippen molar-refractivity contribution in [2.45, 2.75) is 77.7 Å². The average molecular weight is 481 g/mol. The molecule has 5 aliphatic rings. The zero-order valence-corrected chi connectivity index (χ0v) is 21.5. The number of carbonyl (C=O) groups excluding carboxylic acids is 3. The Hall–Kier alpha value is -2.57. The molecule has 2 unspecified atom stereocenters. The molecule has 6 rings (SSSR count). The van der Waals surface area contributed by atoms with Crippen molar-refractivity contribution in [3.63, 3.8) is 0 Å². The molecule has 7 nitrogen and oxygen atoms in total. The number of benzene rings is 1. The molecule has 0 aromatic heterocycles. The van der Waals surface area contributed by atoms with Gasteiger partial charge in [0, 0.05) is 49.4 Å². The highest BCUT2D eigenvalue weighted by Gasteiger charge is 2.60. The fraction of sp³-hybridized carbons (Fsp3) is 0.679. The first-order chi connectivity index (χ1) is 16.6. The van der Waals surface area contributed by atoms with Crippen LogP contribution in [0.1, 0.15) is 82.5 Å². The maximum absolute atomic E-state index is 13.0. The van der Waals surface area contributed by atoms with Gasteiger partial charge in [0.2, 0.25) is 5.91 Å². The topological polar surface area (TPSA) is 81.8 Å². The predicted octanol–water partition coefficient (Wildman–Crippen LogP) is 4.64. The summed E-state index contributed by atoms with van der Waals surface area (Å²) in [5, 5.41) is 6.38. The Kier molecular flexibility index (Phi) is 6.09. The van der Waals surface area contributed by atoms with Gasteiger partial charge in [-0.2, -0.15) is 0 Å². The molecule has 1 aliphatic heterocycles. The second-order valence-corrected chi connectivity index (χ2v) is 12.5. The number of rotatable bonds is 5. The van der Waals surface area contributed by atoms with Gasteiger partial charge in [0.15, 0.2) is 0 Å². The molecule has 4 amide bonds. The van der Waals surface area contributed by atoms with Crippen molar-refractivity contribution in [3.8, 4) is 0 Å². The van der Waals surface area contributed by atoms with Crippen LogP contribution in [0.4, 0.5) is 10.5 Å². The van der Waals surface area contributed by atoms with Crippen LogP contribution in [-0.4, -0.2) is 59.4 Å². The van der Waals surface area contributed by atoms with E-state index in [1.54, 1.807) is 29.2 Å². The van der Waals surface area contributed by atoms with E-state index in [1.165, 1.54) is 19.3 Å². The Morgan fingerprint density at radius 2 is 1.49 bits per heavy atom. The van der Waals surface area contributed by atoms with Crippen molar-refractivity contribution in [1.82, 2.24) is 15.1 Å². The molecule has 4 aliphatic carbocycles. The fourth-order valence-corrected chi connectivity index (χ4v) is 8.40. The summed E-state index contributed by atoms with van der Waals surface area (Å²) in [5.41, 5.74) is 1.89. The number of anilines is 1. The Bertz CT molecular complexity index is 980. The van der Waals surface area contributed by atoms with E-state index in [2.05, 4.69) is 24.5 Å². The Morgan fingerprint density at radius 3 is 2.06 bits per heavy atom. The first-order valence-electron chi connectivity index (χ1n) is 13.4. The minimum Gasteiger partial charge on any atom is -0.339 e. The lowest BCUT2D eigenvalue weighted by Crippen LogP contribution is -2.65. The highest BCUT2D eigenvalue weighted by Crippen LogP contribution is 2.66. The second-order valence-electron chi connectivity index (χ2n) is 12.5. The molecule has 1 heterocycles. The molecule has 2 N–H and O–H groups in total. The summed E-state index contributed by atoms with van der Waals surface area (Å²) >= 11 is 0. The van der Waals surface area contributed by atoms with Crippen LogP contribution < -0.4 is 10.6 Å². The number of carbonyl (C=O) groups is 3. The van der Waals surface area contributed by atoms with E-state index in [0.717, 1.165) is 31.6 Å². The predicted molar refractivity (Wildman–Crippen MR) is 136 cm³/mol. The number of piperazine rings is 1. The van der Waals surface area contributed by atoms with E-state index in [-0.39, 0.29) is 23.4 Å². The number of hydrogen-bond donors (Lipinski definition) is 2. The number of amides is 4. The summed E-state index contributed by atoms with van der Waals surface area (Å²) in [7, 11) is 0. The highest BCUT2D eigenvalue weighted by atomic mass is 16.2. The van der Waals surface area contributed by atoms with Crippen molar-refractivity contribution in [3.05, 3.63) is 29.8 Å². The Morgan fingerprint density at radius 1 is 0.886 bits per heavy atom. The van der Waals surface area contributed by atoms with Crippen LogP contribution in [-0.2, 0) is 4.79 Å². The summed E-state index contributed by atoms with van der Waals surface area (Å²) < 4.78 is 0. The van der Waals surface area contributed by atoms with Crippen molar-refractivity contribution in [2.75, 3.05) is 31.5 Å². The normalized spacial score (nSPS) is 33.5. The Balaban J connectivity index is 1.15. The first kappa shape index (κ1) is 24.1. The van der Waals surface area contributed by atoms with Crippen LogP contribution in [0.3, 0.4) is 0 Å². The van der Waals surface area contributed by atoms with Gasteiger partial charge in [0.25, 0.3) is 5.91 Å². The van der Waals surface area contributed by atoms with Crippen LogP contribution in [0.5, 0.6) is 0 Å². The van der Waals surface area contributed by atoms with Gasteiger partial charge >= 0.3 is 6.03 Å². The molecule has 4 bridgehead atoms. The smallest absolute Gasteiger partial charge is 0.319 e. The quantitative estimate of drug-likeness (QED) is 0.644. The van der Waals surface area contributed by atoms with E-state index < -0.39 is 0 Å². The van der Waals surface area contributed by atoms with E-state index >= 15 is 0 Å². The summed E-state index contributed by atoms with van der Waals surface area (Å²) in [5.74, 6) is 0.863. The SMILES string of the molecule is CCCC(=O)N1CCN(C(=O)c2ccc(NC(=O)NC34CC5C[C@@](C)(C3)C[C@](C)(C5)C4)cc2)CC1. The molecule has 1 aromatic carbocycles. The van der Waals surface area contributed by atoms with Gasteiger partial charge in [-0.15, -0.1) is 0 Å². The number of hydrogen-bond acceptors (Lipinski definition) is 3. The third kappa shape index (κ3) is 4.91. The largest absolute Gasteiger partial charge is 0.339 e. The summed E-state index contributed by atoms with van der Waals surface area (Å²) in [4.78, 5) is 41.7. The lowest BCUT2D eigenvalue weighted by Gasteiger charge is -2.65. The number of nitrogens with zero attached hydrogens (tertiary/aromatic N) is 2. The molecule has 0 spiro atoms. The second kappa shape index (κ2) is 8.82. The molecular formula is C28H40N4O3. The zero-order valence-electron chi connectivity index (χ0n) is 21.5. The molecular weight excluding hydrogens is 440 g/mol. The summed E-state index contributed by atoms with van der Waals surface area (Å²) in [6.45, 7) is 9.10. The average Bonchev–Trinajstić information content (AvgIpc) is 2.76. The lowest BCUT2D eigenvalue weighted by molar-refractivity contribution is -0.132. The van der Waals surface area contributed by atoms with Gasteiger partial charge in [-0.05, 0) is 86.0 Å². The van der Waals surface area contributed by atoms with Gasteiger partial charge in [0.1, 0.15) is 0 Å². The van der Waals surface area contributed by atoms with Gasteiger partial charge in [-0.25, -0.2) is 4.79 Å². The van der Waals surface area contributed by atoms with Gasteiger partial charge in [-0.3, -0.25) is 9.59 Å². The first-order valence-corrected chi connectivity index (χ1v) is 13.4. The van der Waals surface area contributed by atoms with E-state index in [1.807, 2.05) is 11.8 Å².